The van der Waals surface area contributed by atoms with Crippen LogP contribution < -0.4 is 10.6 Å². The van der Waals surface area contributed by atoms with Crippen molar-refractivity contribution in [2.45, 2.75) is 25.9 Å². The van der Waals surface area contributed by atoms with Gasteiger partial charge in [0.2, 0.25) is 0 Å². The molecule has 114 valence electrons. The van der Waals surface area contributed by atoms with Gasteiger partial charge < -0.3 is 10.6 Å². The summed E-state index contributed by atoms with van der Waals surface area (Å²) in [6.07, 6.45) is -2.54. The Morgan fingerprint density at radius 3 is 2.57 bits per heavy atom. The molecule has 1 aromatic carbocycles. The number of hydrogen-bond acceptors (Lipinski definition) is 3. The van der Waals surface area contributed by atoms with Crippen molar-refractivity contribution in [2.75, 3.05) is 25.0 Å². The first-order valence-corrected chi connectivity index (χ1v) is 6.90. The van der Waals surface area contributed by atoms with Crippen LogP contribution in [-0.4, -0.2) is 19.6 Å². The van der Waals surface area contributed by atoms with E-state index in [-0.39, 0.29) is 11.0 Å². The van der Waals surface area contributed by atoms with E-state index in [1.54, 1.807) is 6.07 Å². The molecule has 1 aliphatic heterocycles. The molecule has 21 heavy (non-hydrogen) atoms. The molecule has 0 aliphatic carbocycles. The number of halogens is 3. The Kier molecular flexibility index (Phi) is 4.43. The molecular formula is C15H18F3N3. The van der Waals surface area contributed by atoms with Crippen LogP contribution >= 0.6 is 0 Å². The van der Waals surface area contributed by atoms with E-state index in [0.29, 0.717) is 12.2 Å². The normalized spacial score (nSPS) is 18.0. The van der Waals surface area contributed by atoms with E-state index in [9.17, 15) is 13.2 Å². The molecule has 0 unspecified atom stereocenters. The Bertz CT molecular complexity index is 540. The Labute approximate surface area is 122 Å². The van der Waals surface area contributed by atoms with Gasteiger partial charge in [-0.25, -0.2) is 0 Å². The Balaban J connectivity index is 2.12. The minimum atomic E-state index is -4.51. The monoisotopic (exact) mass is 297 g/mol. The molecule has 1 saturated heterocycles. The van der Waals surface area contributed by atoms with Crippen LogP contribution in [0.1, 0.15) is 30.9 Å². The van der Waals surface area contributed by atoms with Gasteiger partial charge in [0, 0.05) is 12.2 Å². The average Bonchev–Trinajstić information content (AvgIpc) is 2.45. The second-order valence-corrected chi connectivity index (χ2v) is 5.78. The second kappa shape index (κ2) is 5.94. The predicted octanol–water partition coefficient (Wildman–Crippen LogP) is 3.38. The molecule has 1 aromatic rings. The van der Waals surface area contributed by atoms with E-state index < -0.39 is 11.7 Å². The van der Waals surface area contributed by atoms with Crippen molar-refractivity contribution in [1.29, 1.82) is 5.26 Å². The summed E-state index contributed by atoms with van der Waals surface area (Å²) >= 11 is 0. The van der Waals surface area contributed by atoms with E-state index in [1.165, 1.54) is 12.1 Å². The fraction of sp³-hybridized carbons (Fsp3) is 0.533. The molecule has 2 rings (SSSR count). The third-order valence-electron chi connectivity index (χ3n) is 3.98. The number of nitrogens with zero attached hydrogens (tertiary/aromatic N) is 1. The topological polar surface area (TPSA) is 47.9 Å². The van der Waals surface area contributed by atoms with Gasteiger partial charge in [0.05, 0.1) is 17.2 Å². The van der Waals surface area contributed by atoms with Gasteiger partial charge in [0.15, 0.2) is 0 Å². The fourth-order valence-electron chi connectivity index (χ4n) is 2.51. The standard InChI is InChI=1S/C15H18F3N3/c1-14(4-6-20-7-5-14)10-21-12-3-2-11(9-19)13(8-12)15(16,17)18/h2-3,8,20-21H,4-7,10H2,1H3. The molecule has 0 saturated carbocycles. The van der Waals surface area contributed by atoms with E-state index in [2.05, 4.69) is 17.6 Å². The molecular weight excluding hydrogens is 279 g/mol. The van der Waals surface area contributed by atoms with Crippen molar-refractivity contribution in [2.24, 2.45) is 5.41 Å². The summed E-state index contributed by atoms with van der Waals surface area (Å²) in [4.78, 5) is 0. The predicted molar refractivity (Wildman–Crippen MR) is 74.9 cm³/mol. The van der Waals surface area contributed by atoms with Crippen LogP contribution in [0.25, 0.3) is 0 Å². The first-order chi connectivity index (χ1) is 9.84. The maximum atomic E-state index is 12.9. The maximum Gasteiger partial charge on any atom is 0.417 e. The van der Waals surface area contributed by atoms with Gasteiger partial charge in [-0.2, -0.15) is 18.4 Å². The highest BCUT2D eigenvalue weighted by molar-refractivity contribution is 5.53. The first kappa shape index (κ1) is 15.6. The lowest BCUT2D eigenvalue weighted by Crippen LogP contribution is -2.39. The minimum absolute atomic E-state index is 0.0809. The minimum Gasteiger partial charge on any atom is -0.384 e. The molecule has 0 atom stereocenters. The molecule has 1 heterocycles. The van der Waals surface area contributed by atoms with Crippen LogP contribution in [0.4, 0.5) is 18.9 Å². The zero-order valence-corrected chi connectivity index (χ0v) is 11.8. The smallest absolute Gasteiger partial charge is 0.384 e. The molecule has 1 fully saturated rings. The molecule has 2 N–H and O–H groups in total. The van der Waals surface area contributed by atoms with Crippen molar-refractivity contribution in [3.63, 3.8) is 0 Å². The zero-order valence-electron chi connectivity index (χ0n) is 11.8. The third-order valence-corrected chi connectivity index (χ3v) is 3.98. The average molecular weight is 297 g/mol. The van der Waals surface area contributed by atoms with Crippen molar-refractivity contribution >= 4 is 5.69 Å². The SMILES string of the molecule is CC1(CNc2ccc(C#N)c(C(F)(F)F)c2)CCNCC1. The zero-order chi connectivity index (χ0) is 15.5. The molecule has 0 spiro atoms. The van der Waals surface area contributed by atoms with Crippen molar-refractivity contribution in [1.82, 2.24) is 5.32 Å². The molecule has 0 bridgehead atoms. The Hall–Kier alpha value is -1.74. The number of hydrogen-bond donors (Lipinski definition) is 2. The van der Waals surface area contributed by atoms with Gasteiger partial charge in [-0.1, -0.05) is 6.92 Å². The van der Waals surface area contributed by atoms with Gasteiger partial charge in [-0.05, 0) is 49.5 Å². The van der Waals surface area contributed by atoms with Crippen LogP contribution in [0.15, 0.2) is 18.2 Å². The molecule has 3 nitrogen and oxygen atoms in total. The molecule has 6 heteroatoms. The Morgan fingerprint density at radius 2 is 2.00 bits per heavy atom. The molecule has 0 aromatic heterocycles. The summed E-state index contributed by atoms with van der Waals surface area (Å²) in [5.74, 6) is 0. The van der Waals surface area contributed by atoms with Gasteiger partial charge in [-0.15, -0.1) is 0 Å². The van der Waals surface area contributed by atoms with Gasteiger partial charge >= 0.3 is 6.18 Å². The highest BCUT2D eigenvalue weighted by Gasteiger charge is 2.34. The van der Waals surface area contributed by atoms with Gasteiger partial charge in [-0.3, -0.25) is 0 Å². The van der Waals surface area contributed by atoms with E-state index in [1.807, 2.05) is 0 Å². The second-order valence-electron chi connectivity index (χ2n) is 5.78. The highest BCUT2D eigenvalue weighted by Crippen LogP contribution is 2.34. The van der Waals surface area contributed by atoms with Crippen LogP contribution in [0.3, 0.4) is 0 Å². The quantitative estimate of drug-likeness (QED) is 0.899. The van der Waals surface area contributed by atoms with Crippen LogP contribution in [0.5, 0.6) is 0 Å². The van der Waals surface area contributed by atoms with Gasteiger partial charge in [0.25, 0.3) is 0 Å². The number of piperidine rings is 1. The van der Waals surface area contributed by atoms with Crippen LogP contribution in [0.2, 0.25) is 0 Å². The maximum absolute atomic E-state index is 12.9. The summed E-state index contributed by atoms with van der Waals surface area (Å²) in [5, 5.41) is 15.1. The van der Waals surface area contributed by atoms with Crippen LogP contribution in [0, 0.1) is 16.7 Å². The molecule has 0 amide bonds. The summed E-state index contributed by atoms with van der Waals surface area (Å²) in [5.41, 5.74) is -0.745. The number of anilines is 1. The number of rotatable bonds is 3. The lowest BCUT2D eigenvalue weighted by atomic mass is 9.81. The van der Waals surface area contributed by atoms with Crippen molar-refractivity contribution in [3.8, 4) is 6.07 Å². The van der Waals surface area contributed by atoms with Crippen molar-refractivity contribution < 1.29 is 13.2 Å². The van der Waals surface area contributed by atoms with E-state index >= 15 is 0 Å². The van der Waals surface area contributed by atoms with Gasteiger partial charge in [0.1, 0.15) is 0 Å². The third kappa shape index (κ3) is 3.88. The Morgan fingerprint density at radius 1 is 1.33 bits per heavy atom. The lowest BCUT2D eigenvalue weighted by Gasteiger charge is -2.34. The summed E-state index contributed by atoms with van der Waals surface area (Å²) in [6.45, 7) is 4.62. The fourth-order valence-corrected chi connectivity index (χ4v) is 2.51. The highest BCUT2D eigenvalue weighted by atomic mass is 19.4. The first-order valence-electron chi connectivity index (χ1n) is 6.90. The number of nitriles is 1. The summed E-state index contributed by atoms with van der Waals surface area (Å²) < 4.78 is 38.7. The largest absolute Gasteiger partial charge is 0.417 e. The molecule has 1 aliphatic rings. The number of benzene rings is 1. The van der Waals surface area contributed by atoms with Crippen LogP contribution in [-0.2, 0) is 6.18 Å². The summed E-state index contributed by atoms with van der Waals surface area (Å²) in [6, 6.07) is 5.35. The van der Waals surface area contributed by atoms with Crippen molar-refractivity contribution in [3.05, 3.63) is 29.3 Å². The van der Waals surface area contributed by atoms with E-state index in [0.717, 1.165) is 32.0 Å². The lowest BCUT2D eigenvalue weighted by molar-refractivity contribution is -0.137. The number of nitrogens with one attached hydrogen (secondary N) is 2. The summed E-state index contributed by atoms with van der Waals surface area (Å²) in [7, 11) is 0. The number of alkyl halides is 3. The van der Waals surface area contributed by atoms with E-state index in [4.69, 9.17) is 5.26 Å². The molecule has 0 radical (unpaired) electrons.